The average Bonchev–Trinajstić information content (AvgIpc) is 2.35. The van der Waals surface area contributed by atoms with E-state index in [0.29, 0.717) is 5.69 Å². The Kier molecular flexibility index (Phi) is 4.51. The van der Waals surface area contributed by atoms with Gasteiger partial charge in [-0.2, -0.15) is 0 Å². The number of pyridine rings is 1. The predicted molar refractivity (Wildman–Crippen MR) is 75.9 cm³/mol. The van der Waals surface area contributed by atoms with Gasteiger partial charge in [0.25, 0.3) is 0 Å². The first-order valence-electron chi connectivity index (χ1n) is 5.30. The van der Waals surface area contributed by atoms with Crippen LogP contribution < -0.4 is 10.6 Å². The third-order valence-electron chi connectivity index (χ3n) is 2.23. The zero-order valence-electron chi connectivity index (χ0n) is 9.75. The Labute approximate surface area is 126 Å². The van der Waals surface area contributed by atoms with Crippen LogP contribution >= 0.6 is 27.5 Å². The number of urea groups is 1. The molecule has 1 heterocycles. The smallest absolute Gasteiger partial charge is 0.308 e. The van der Waals surface area contributed by atoms with Crippen molar-refractivity contribution in [2.75, 3.05) is 10.6 Å². The van der Waals surface area contributed by atoms with Crippen molar-refractivity contribution in [3.8, 4) is 0 Å². The molecule has 0 aliphatic carbocycles. The van der Waals surface area contributed by atoms with Crippen molar-refractivity contribution in [3.63, 3.8) is 0 Å². The van der Waals surface area contributed by atoms with E-state index in [2.05, 4.69) is 31.5 Å². The predicted octanol–water partition coefficient (Wildman–Crippen LogP) is 4.42. The molecule has 2 N–H and O–H groups in total. The van der Waals surface area contributed by atoms with Gasteiger partial charge in [0.2, 0.25) is 0 Å². The standard InChI is InChI=1S/C12H7BrClF2N3O/c13-11-8(15)3-7(4-9(11)16)19-12(20)18-6-1-2-17-10(14)5-6/h1-5H,(H2,17,18,19,20). The van der Waals surface area contributed by atoms with Crippen molar-refractivity contribution in [2.24, 2.45) is 0 Å². The van der Waals surface area contributed by atoms with Crippen molar-refractivity contribution in [1.29, 1.82) is 0 Å². The Bertz CT molecular complexity index is 646. The minimum absolute atomic E-state index is 0.0131. The van der Waals surface area contributed by atoms with Gasteiger partial charge >= 0.3 is 6.03 Å². The number of benzene rings is 1. The number of carbonyl (C=O) groups excluding carboxylic acids is 1. The quantitative estimate of drug-likeness (QED) is 0.614. The van der Waals surface area contributed by atoms with E-state index in [-0.39, 0.29) is 15.3 Å². The highest BCUT2D eigenvalue weighted by Gasteiger charge is 2.10. The summed E-state index contributed by atoms with van der Waals surface area (Å²) in [5.74, 6) is -1.63. The number of anilines is 2. The van der Waals surface area contributed by atoms with Crippen LogP contribution in [0.5, 0.6) is 0 Å². The van der Waals surface area contributed by atoms with Gasteiger partial charge in [0.05, 0.1) is 4.47 Å². The molecule has 2 aromatic rings. The van der Waals surface area contributed by atoms with Crippen molar-refractivity contribution in [1.82, 2.24) is 4.98 Å². The van der Waals surface area contributed by atoms with Crippen molar-refractivity contribution >= 4 is 44.9 Å². The van der Waals surface area contributed by atoms with Crippen LogP contribution in [0.15, 0.2) is 34.9 Å². The lowest BCUT2D eigenvalue weighted by atomic mass is 10.3. The molecular weight excluding hydrogens is 356 g/mol. The number of hydrogen-bond acceptors (Lipinski definition) is 2. The number of carbonyl (C=O) groups is 1. The molecule has 0 unspecified atom stereocenters. The van der Waals surface area contributed by atoms with Gasteiger partial charge in [0.15, 0.2) is 0 Å². The van der Waals surface area contributed by atoms with E-state index in [0.717, 1.165) is 12.1 Å². The van der Waals surface area contributed by atoms with Crippen molar-refractivity contribution in [2.45, 2.75) is 0 Å². The summed E-state index contributed by atoms with van der Waals surface area (Å²) in [7, 11) is 0. The van der Waals surface area contributed by atoms with Crippen LogP contribution in [0.4, 0.5) is 25.0 Å². The SMILES string of the molecule is O=C(Nc1ccnc(Cl)c1)Nc1cc(F)c(Br)c(F)c1. The second-order valence-corrected chi connectivity index (χ2v) is 4.88. The molecule has 1 aromatic heterocycles. The topological polar surface area (TPSA) is 54.0 Å². The monoisotopic (exact) mass is 361 g/mol. The second kappa shape index (κ2) is 6.15. The highest BCUT2D eigenvalue weighted by Crippen LogP contribution is 2.23. The molecular formula is C12H7BrClF2N3O. The van der Waals surface area contributed by atoms with E-state index in [1.165, 1.54) is 18.3 Å². The number of nitrogens with zero attached hydrogens (tertiary/aromatic N) is 1. The molecule has 0 aliphatic heterocycles. The number of amides is 2. The average molecular weight is 363 g/mol. The highest BCUT2D eigenvalue weighted by atomic mass is 79.9. The first-order chi connectivity index (χ1) is 9.45. The van der Waals surface area contributed by atoms with Gasteiger partial charge in [0, 0.05) is 17.6 Å². The van der Waals surface area contributed by atoms with Gasteiger partial charge in [-0.05, 0) is 40.2 Å². The fourth-order valence-electron chi connectivity index (χ4n) is 1.40. The number of hydrogen-bond donors (Lipinski definition) is 2. The number of rotatable bonds is 2. The Morgan fingerprint density at radius 2 is 1.75 bits per heavy atom. The van der Waals surface area contributed by atoms with Gasteiger partial charge in [-0.1, -0.05) is 11.6 Å². The largest absolute Gasteiger partial charge is 0.323 e. The van der Waals surface area contributed by atoms with E-state index < -0.39 is 17.7 Å². The molecule has 0 fully saturated rings. The lowest BCUT2D eigenvalue weighted by molar-refractivity contribution is 0.262. The molecule has 2 amide bonds. The summed E-state index contributed by atoms with van der Waals surface area (Å²) >= 11 is 8.40. The lowest BCUT2D eigenvalue weighted by Crippen LogP contribution is -2.19. The van der Waals surface area contributed by atoms with Gasteiger partial charge in [-0.3, -0.25) is 0 Å². The molecule has 20 heavy (non-hydrogen) atoms. The van der Waals surface area contributed by atoms with Gasteiger partial charge in [-0.15, -0.1) is 0 Å². The molecule has 0 saturated heterocycles. The zero-order chi connectivity index (χ0) is 14.7. The number of halogens is 4. The summed E-state index contributed by atoms with van der Waals surface area (Å²) in [5, 5.41) is 4.97. The zero-order valence-corrected chi connectivity index (χ0v) is 12.1. The Hall–Kier alpha value is -1.73. The highest BCUT2D eigenvalue weighted by molar-refractivity contribution is 9.10. The fourth-order valence-corrected chi connectivity index (χ4v) is 1.80. The van der Waals surface area contributed by atoms with Gasteiger partial charge in [-0.25, -0.2) is 18.6 Å². The van der Waals surface area contributed by atoms with Crippen LogP contribution in [0, 0.1) is 11.6 Å². The summed E-state index contributed by atoms with van der Waals surface area (Å²) in [6, 6.07) is 4.28. The molecule has 8 heteroatoms. The molecule has 0 radical (unpaired) electrons. The van der Waals surface area contributed by atoms with Crippen LogP contribution in [0.3, 0.4) is 0 Å². The molecule has 0 spiro atoms. The van der Waals surface area contributed by atoms with Gasteiger partial charge in [0.1, 0.15) is 16.8 Å². The Balaban J connectivity index is 2.09. The molecule has 2 rings (SSSR count). The number of nitrogens with one attached hydrogen (secondary N) is 2. The summed E-state index contributed by atoms with van der Waals surface area (Å²) in [5.41, 5.74) is 0.390. The minimum atomic E-state index is -0.813. The Morgan fingerprint density at radius 3 is 2.35 bits per heavy atom. The summed E-state index contributed by atoms with van der Waals surface area (Å²) in [6.07, 6.45) is 1.41. The molecule has 4 nitrogen and oxygen atoms in total. The van der Waals surface area contributed by atoms with Crippen LogP contribution in [0.2, 0.25) is 5.15 Å². The molecule has 104 valence electrons. The third-order valence-corrected chi connectivity index (χ3v) is 3.19. The number of aromatic nitrogens is 1. The maximum absolute atomic E-state index is 13.3. The molecule has 1 aromatic carbocycles. The van der Waals surface area contributed by atoms with Gasteiger partial charge < -0.3 is 10.6 Å². The van der Waals surface area contributed by atoms with E-state index in [4.69, 9.17) is 11.6 Å². The molecule has 0 saturated carbocycles. The maximum atomic E-state index is 13.3. The summed E-state index contributed by atoms with van der Waals surface area (Å²) in [6.45, 7) is 0. The maximum Gasteiger partial charge on any atom is 0.323 e. The molecule has 0 atom stereocenters. The third kappa shape index (κ3) is 3.64. The normalized spacial score (nSPS) is 10.2. The van der Waals surface area contributed by atoms with E-state index in [1.54, 1.807) is 0 Å². The molecule has 0 aliphatic rings. The fraction of sp³-hybridized carbons (Fsp3) is 0. The van der Waals surface area contributed by atoms with E-state index in [1.807, 2.05) is 0 Å². The van der Waals surface area contributed by atoms with Crippen molar-refractivity contribution in [3.05, 3.63) is 51.7 Å². The van der Waals surface area contributed by atoms with E-state index >= 15 is 0 Å². The first kappa shape index (κ1) is 14.7. The Morgan fingerprint density at radius 1 is 1.15 bits per heavy atom. The van der Waals surface area contributed by atoms with Crippen LogP contribution in [-0.2, 0) is 0 Å². The van der Waals surface area contributed by atoms with E-state index in [9.17, 15) is 13.6 Å². The molecule has 0 bridgehead atoms. The summed E-state index contributed by atoms with van der Waals surface area (Å²) < 4.78 is 26.3. The minimum Gasteiger partial charge on any atom is -0.308 e. The van der Waals surface area contributed by atoms with Crippen LogP contribution in [0.25, 0.3) is 0 Å². The summed E-state index contributed by atoms with van der Waals surface area (Å²) in [4.78, 5) is 15.4. The van der Waals surface area contributed by atoms with Crippen LogP contribution in [-0.4, -0.2) is 11.0 Å². The van der Waals surface area contributed by atoms with Crippen LogP contribution in [0.1, 0.15) is 0 Å². The second-order valence-electron chi connectivity index (χ2n) is 3.70. The lowest BCUT2D eigenvalue weighted by Gasteiger charge is -2.08. The van der Waals surface area contributed by atoms with Crippen molar-refractivity contribution < 1.29 is 13.6 Å². The first-order valence-corrected chi connectivity index (χ1v) is 6.47.